The van der Waals surface area contributed by atoms with Crippen LogP contribution >= 0.6 is 0 Å². The number of nitrogens with zero attached hydrogens (tertiary/aromatic N) is 1. The Kier molecular flexibility index (Phi) is 6.87. The van der Waals surface area contributed by atoms with Crippen molar-refractivity contribution in [3.8, 4) is 23.0 Å². The largest absolute Gasteiger partial charge is 0.493 e. The first-order valence-corrected chi connectivity index (χ1v) is 9.92. The lowest BCUT2D eigenvalue weighted by Crippen LogP contribution is -2.31. The Bertz CT molecular complexity index is 851. The van der Waals surface area contributed by atoms with Crippen molar-refractivity contribution < 1.29 is 18.9 Å². The smallest absolute Gasteiger partial charge is 0.161 e. The summed E-state index contributed by atoms with van der Waals surface area (Å²) >= 11 is 0. The van der Waals surface area contributed by atoms with E-state index in [-0.39, 0.29) is 6.04 Å². The first kappa shape index (κ1) is 21.3. The van der Waals surface area contributed by atoms with Crippen LogP contribution in [-0.4, -0.2) is 60.0 Å². The molecule has 1 aliphatic rings. The molecule has 0 radical (unpaired) electrons. The molecule has 1 N–H and O–H groups in total. The number of nitrogens with one attached hydrogen (secondary N) is 1. The molecule has 0 aromatic heterocycles. The van der Waals surface area contributed by atoms with Gasteiger partial charge in [0.2, 0.25) is 0 Å². The van der Waals surface area contributed by atoms with Crippen LogP contribution in [0.4, 0.5) is 0 Å². The standard InChI is InChI=1S/C23H32N2O4/c1-15-11-19(26-4)21(28-6)13-17(15)23-18-14-22(29-10-9-25(2)3)20(27-5)12-16(18)7-8-24-23/h11-14,23-24H,7-10H2,1-6H3. The molecule has 2 aromatic rings. The number of rotatable bonds is 8. The molecule has 0 bridgehead atoms. The first-order chi connectivity index (χ1) is 14.0. The lowest BCUT2D eigenvalue weighted by atomic mass is 9.87. The van der Waals surface area contributed by atoms with Gasteiger partial charge in [-0.3, -0.25) is 0 Å². The molecular formula is C23H32N2O4. The van der Waals surface area contributed by atoms with Gasteiger partial charge in [0.1, 0.15) is 6.61 Å². The van der Waals surface area contributed by atoms with Crippen LogP contribution in [-0.2, 0) is 6.42 Å². The maximum absolute atomic E-state index is 6.06. The average Bonchev–Trinajstić information content (AvgIpc) is 2.72. The molecule has 6 heteroatoms. The van der Waals surface area contributed by atoms with Crippen molar-refractivity contribution in [1.29, 1.82) is 0 Å². The van der Waals surface area contributed by atoms with Crippen LogP contribution in [0.15, 0.2) is 24.3 Å². The molecule has 0 saturated carbocycles. The summed E-state index contributed by atoms with van der Waals surface area (Å²) in [5, 5.41) is 3.66. The van der Waals surface area contributed by atoms with Crippen LogP contribution in [0.5, 0.6) is 23.0 Å². The van der Waals surface area contributed by atoms with E-state index in [0.29, 0.717) is 6.61 Å². The van der Waals surface area contributed by atoms with Crippen molar-refractivity contribution in [3.63, 3.8) is 0 Å². The van der Waals surface area contributed by atoms with Crippen LogP contribution in [0.2, 0.25) is 0 Å². The molecule has 2 aromatic carbocycles. The molecule has 0 aliphatic carbocycles. The van der Waals surface area contributed by atoms with Crippen LogP contribution in [0.3, 0.4) is 0 Å². The van der Waals surface area contributed by atoms with Crippen molar-refractivity contribution in [2.45, 2.75) is 19.4 Å². The van der Waals surface area contributed by atoms with Gasteiger partial charge in [0.05, 0.1) is 27.4 Å². The Labute approximate surface area is 173 Å². The van der Waals surface area contributed by atoms with Gasteiger partial charge in [-0.1, -0.05) is 0 Å². The van der Waals surface area contributed by atoms with Crippen molar-refractivity contribution in [2.75, 3.05) is 55.1 Å². The van der Waals surface area contributed by atoms with Gasteiger partial charge < -0.3 is 29.2 Å². The van der Waals surface area contributed by atoms with E-state index in [1.165, 1.54) is 16.7 Å². The minimum Gasteiger partial charge on any atom is -0.493 e. The molecule has 6 nitrogen and oxygen atoms in total. The van der Waals surface area contributed by atoms with Crippen molar-refractivity contribution >= 4 is 0 Å². The van der Waals surface area contributed by atoms with Gasteiger partial charge in [0, 0.05) is 13.1 Å². The van der Waals surface area contributed by atoms with Gasteiger partial charge >= 0.3 is 0 Å². The van der Waals surface area contributed by atoms with E-state index < -0.39 is 0 Å². The summed E-state index contributed by atoms with van der Waals surface area (Å²) < 4.78 is 22.7. The number of hydrogen-bond donors (Lipinski definition) is 1. The van der Waals surface area contributed by atoms with E-state index in [4.69, 9.17) is 18.9 Å². The normalized spacial score (nSPS) is 15.8. The fraction of sp³-hybridized carbons (Fsp3) is 0.478. The third-order valence-corrected chi connectivity index (χ3v) is 5.36. The zero-order valence-corrected chi connectivity index (χ0v) is 18.3. The van der Waals surface area contributed by atoms with Gasteiger partial charge in [-0.25, -0.2) is 0 Å². The second-order valence-corrected chi connectivity index (χ2v) is 7.55. The maximum Gasteiger partial charge on any atom is 0.161 e. The Morgan fingerprint density at radius 1 is 0.897 bits per heavy atom. The summed E-state index contributed by atoms with van der Waals surface area (Å²) in [7, 11) is 9.09. The number of methoxy groups -OCH3 is 3. The van der Waals surface area contributed by atoms with Crippen LogP contribution in [0.25, 0.3) is 0 Å². The fourth-order valence-corrected chi connectivity index (χ4v) is 3.76. The molecule has 158 valence electrons. The van der Waals surface area contributed by atoms with E-state index in [2.05, 4.69) is 35.3 Å². The van der Waals surface area contributed by atoms with Crippen LogP contribution in [0.1, 0.15) is 28.3 Å². The minimum absolute atomic E-state index is 0.0562. The lowest BCUT2D eigenvalue weighted by molar-refractivity contribution is 0.250. The van der Waals surface area contributed by atoms with Crippen molar-refractivity contribution in [3.05, 3.63) is 46.5 Å². The molecule has 1 aliphatic heterocycles. The summed E-state index contributed by atoms with van der Waals surface area (Å²) in [6, 6.07) is 8.39. The molecule has 1 unspecified atom stereocenters. The van der Waals surface area contributed by atoms with Gasteiger partial charge in [-0.15, -0.1) is 0 Å². The second kappa shape index (κ2) is 9.37. The zero-order chi connectivity index (χ0) is 21.0. The predicted octanol–water partition coefficient (Wildman–Crippen LogP) is 3.20. The number of likely N-dealkylation sites (N-methyl/N-ethyl adjacent to an activating group) is 1. The summed E-state index contributed by atoms with van der Waals surface area (Å²) in [5.41, 5.74) is 4.82. The minimum atomic E-state index is 0.0562. The van der Waals surface area contributed by atoms with E-state index in [1.54, 1.807) is 21.3 Å². The highest BCUT2D eigenvalue weighted by atomic mass is 16.5. The number of aryl methyl sites for hydroxylation is 1. The monoisotopic (exact) mass is 400 g/mol. The van der Waals surface area contributed by atoms with E-state index in [0.717, 1.165) is 48.1 Å². The molecule has 0 saturated heterocycles. The van der Waals surface area contributed by atoms with Gasteiger partial charge in [-0.05, 0) is 74.0 Å². The van der Waals surface area contributed by atoms with E-state index in [1.807, 2.05) is 20.2 Å². The molecule has 29 heavy (non-hydrogen) atoms. The molecule has 0 amide bonds. The van der Waals surface area contributed by atoms with Crippen LogP contribution < -0.4 is 24.3 Å². The highest BCUT2D eigenvalue weighted by Crippen LogP contribution is 2.40. The Hall–Kier alpha value is -2.44. The Morgan fingerprint density at radius 3 is 2.17 bits per heavy atom. The van der Waals surface area contributed by atoms with E-state index >= 15 is 0 Å². The number of benzene rings is 2. The van der Waals surface area contributed by atoms with Crippen molar-refractivity contribution in [1.82, 2.24) is 10.2 Å². The number of fused-ring (bicyclic) bond motifs is 1. The zero-order valence-electron chi connectivity index (χ0n) is 18.3. The topological polar surface area (TPSA) is 52.2 Å². The Morgan fingerprint density at radius 2 is 1.52 bits per heavy atom. The number of ether oxygens (including phenoxy) is 4. The van der Waals surface area contributed by atoms with E-state index in [9.17, 15) is 0 Å². The predicted molar refractivity (Wildman–Crippen MR) is 115 cm³/mol. The van der Waals surface area contributed by atoms with Crippen LogP contribution in [0, 0.1) is 6.92 Å². The highest BCUT2D eigenvalue weighted by molar-refractivity contribution is 5.55. The first-order valence-electron chi connectivity index (χ1n) is 9.92. The molecule has 1 atom stereocenters. The highest BCUT2D eigenvalue weighted by Gasteiger charge is 2.26. The summed E-state index contributed by atoms with van der Waals surface area (Å²) in [6.45, 7) is 4.45. The SMILES string of the molecule is COc1cc(C)c(C2NCCc3cc(OC)c(OCCN(C)C)cc32)cc1OC. The molecule has 3 rings (SSSR count). The number of hydrogen-bond acceptors (Lipinski definition) is 6. The average molecular weight is 401 g/mol. The van der Waals surface area contributed by atoms with Gasteiger partial charge in [0.15, 0.2) is 23.0 Å². The molecule has 0 fully saturated rings. The van der Waals surface area contributed by atoms with Crippen molar-refractivity contribution in [2.24, 2.45) is 0 Å². The third kappa shape index (κ3) is 4.60. The molecule has 0 spiro atoms. The summed E-state index contributed by atoms with van der Waals surface area (Å²) in [5.74, 6) is 3.04. The Balaban J connectivity index is 2.01. The summed E-state index contributed by atoms with van der Waals surface area (Å²) in [6.07, 6.45) is 0.951. The lowest BCUT2D eigenvalue weighted by Gasteiger charge is -2.30. The van der Waals surface area contributed by atoms with Gasteiger partial charge in [0.25, 0.3) is 0 Å². The quantitative estimate of drug-likeness (QED) is 0.735. The fourth-order valence-electron chi connectivity index (χ4n) is 3.76. The maximum atomic E-state index is 6.06. The summed E-state index contributed by atoms with van der Waals surface area (Å²) in [4.78, 5) is 2.10. The molecular weight excluding hydrogens is 368 g/mol. The second-order valence-electron chi connectivity index (χ2n) is 7.55. The van der Waals surface area contributed by atoms with Gasteiger partial charge in [-0.2, -0.15) is 0 Å². The third-order valence-electron chi connectivity index (χ3n) is 5.36. The molecule has 1 heterocycles.